The number of aliphatic hydroxyl groups is 1. The van der Waals surface area contributed by atoms with Gasteiger partial charge >= 0.3 is 0 Å². The largest absolute Gasteiger partial charge is 0.384 e. The van der Waals surface area contributed by atoms with Crippen LogP contribution in [0.3, 0.4) is 0 Å². The van der Waals surface area contributed by atoms with Crippen molar-refractivity contribution in [2.24, 2.45) is 0 Å². The summed E-state index contributed by atoms with van der Waals surface area (Å²) in [5.74, 6) is 4.35. The van der Waals surface area contributed by atoms with Gasteiger partial charge in [0, 0.05) is 11.1 Å². The first-order valence-corrected chi connectivity index (χ1v) is 6.26. The third-order valence-electron chi connectivity index (χ3n) is 3.40. The highest BCUT2D eigenvalue weighted by Gasteiger charge is 2.33. The molecule has 4 heteroatoms. The summed E-state index contributed by atoms with van der Waals surface area (Å²) in [5.41, 5.74) is 0.454. The zero-order valence-corrected chi connectivity index (χ0v) is 10.8. The summed E-state index contributed by atoms with van der Waals surface area (Å²) >= 11 is 0. The van der Waals surface area contributed by atoms with Crippen LogP contribution in [0.25, 0.3) is 0 Å². The van der Waals surface area contributed by atoms with Gasteiger partial charge in [0.05, 0.1) is 5.56 Å². The summed E-state index contributed by atoms with van der Waals surface area (Å²) in [7, 11) is 0. The van der Waals surface area contributed by atoms with Crippen LogP contribution in [0.15, 0.2) is 18.2 Å². The maximum atomic E-state index is 13.3. The summed E-state index contributed by atoms with van der Waals surface area (Å²) in [6, 6.07) is 3.89. The molecule has 0 atom stereocenters. The summed E-state index contributed by atoms with van der Waals surface area (Å²) in [6.45, 7) is 1.68. The van der Waals surface area contributed by atoms with E-state index in [1.807, 2.05) is 6.92 Å². The van der Waals surface area contributed by atoms with E-state index in [1.165, 1.54) is 18.2 Å². The van der Waals surface area contributed by atoms with Crippen molar-refractivity contribution in [2.45, 2.75) is 31.7 Å². The average Bonchev–Trinajstić information content (AvgIpc) is 2.35. The smallest absolute Gasteiger partial charge is 0.253 e. The van der Waals surface area contributed by atoms with Crippen LogP contribution in [-0.2, 0) is 0 Å². The first-order chi connectivity index (χ1) is 9.04. The fourth-order valence-electron chi connectivity index (χ4n) is 2.12. The number of aliphatic hydroxyl groups excluding tert-OH is 1. The molecule has 19 heavy (non-hydrogen) atoms. The molecule has 0 bridgehead atoms. The number of benzene rings is 1. The average molecular weight is 261 g/mol. The minimum atomic E-state index is -0.474. The van der Waals surface area contributed by atoms with Gasteiger partial charge in [0.15, 0.2) is 0 Å². The molecule has 0 saturated heterocycles. The van der Waals surface area contributed by atoms with Gasteiger partial charge in [0.2, 0.25) is 0 Å². The Kier molecular flexibility index (Phi) is 3.87. The van der Waals surface area contributed by atoms with Crippen molar-refractivity contribution in [3.63, 3.8) is 0 Å². The van der Waals surface area contributed by atoms with Crippen molar-refractivity contribution >= 4 is 5.91 Å². The zero-order valence-electron chi connectivity index (χ0n) is 10.8. The normalized spacial score (nSPS) is 15.9. The van der Waals surface area contributed by atoms with Crippen LogP contribution in [0.1, 0.15) is 42.1 Å². The Morgan fingerprint density at radius 1 is 1.53 bits per heavy atom. The van der Waals surface area contributed by atoms with E-state index in [4.69, 9.17) is 5.11 Å². The van der Waals surface area contributed by atoms with E-state index in [0.29, 0.717) is 5.56 Å². The van der Waals surface area contributed by atoms with E-state index in [-0.39, 0.29) is 23.6 Å². The van der Waals surface area contributed by atoms with Gasteiger partial charge < -0.3 is 10.4 Å². The van der Waals surface area contributed by atoms with Crippen LogP contribution in [0.4, 0.5) is 4.39 Å². The van der Waals surface area contributed by atoms with Crippen LogP contribution in [-0.4, -0.2) is 23.2 Å². The molecule has 1 aliphatic carbocycles. The lowest BCUT2D eigenvalue weighted by atomic mass is 9.78. The lowest BCUT2D eigenvalue weighted by Gasteiger charge is -2.39. The number of amides is 1. The fourth-order valence-corrected chi connectivity index (χ4v) is 2.12. The molecule has 1 fully saturated rings. The standard InChI is InChI=1S/C15H16FNO2/c1-15(7-3-8-15)17-14(19)13-10-12(16)6-5-11(13)4-2-9-18/h5-6,10,18H,3,7-9H2,1H3,(H,17,19). The second kappa shape index (κ2) is 5.41. The van der Waals surface area contributed by atoms with E-state index in [2.05, 4.69) is 17.2 Å². The molecule has 0 aliphatic heterocycles. The summed E-state index contributed by atoms with van der Waals surface area (Å²) in [5, 5.41) is 11.6. The SMILES string of the molecule is CC1(NC(=O)c2cc(F)ccc2C#CCO)CCC1. The minimum Gasteiger partial charge on any atom is -0.384 e. The monoisotopic (exact) mass is 261 g/mol. The molecular formula is C15H16FNO2. The van der Waals surface area contributed by atoms with Crippen LogP contribution >= 0.6 is 0 Å². The second-order valence-corrected chi connectivity index (χ2v) is 5.02. The van der Waals surface area contributed by atoms with E-state index < -0.39 is 5.82 Å². The Morgan fingerprint density at radius 2 is 2.26 bits per heavy atom. The third-order valence-corrected chi connectivity index (χ3v) is 3.40. The van der Waals surface area contributed by atoms with Gasteiger partial charge in [-0.3, -0.25) is 4.79 Å². The molecule has 2 rings (SSSR count). The highest BCUT2D eigenvalue weighted by molar-refractivity contribution is 5.97. The fraction of sp³-hybridized carbons (Fsp3) is 0.400. The van der Waals surface area contributed by atoms with Gasteiger partial charge in [-0.1, -0.05) is 11.8 Å². The first kappa shape index (κ1) is 13.6. The predicted molar refractivity (Wildman–Crippen MR) is 70.1 cm³/mol. The topological polar surface area (TPSA) is 49.3 Å². The minimum absolute atomic E-state index is 0.189. The number of hydrogen-bond acceptors (Lipinski definition) is 2. The van der Waals surface area contributed by atoms with Crippen LogP contribution in [0.5, 0.6) is 0 Å². The van der Waals surface area contributed by atoms with E-state index in [1.54, 1.807) is 0 Å². The van der Waals surface area contributed by atoms with Crippen LogP contribution < -0.4 is 5.32 Å². The number of hydrogen-bond donors (Lipinski definition) is 2. The highest BCUT2D eigenvalue weighted by atomic mass is 19.1. The lowest BCUT2D eigenvalue weighted by Crippen LogP contribution is -2.51. The molecule has 1 aromatic rings. The lowest BCUT2D eigenvalue weighted by molar-refractivity contribution is 0.0849. The molecule has 1 amide bonds. The van der Waals surface area contributed by atoms with Gasteiger partial charge in [-0.05, 0) is 44.4 Å². The zero-order chi connectivity index (χ0) is 13.9. The molecular weight excluding hydrogens is 245 g/mol. The summed E-state index contributed by atoms with van der Waals surface area (Å²) in [4.78, 5) is 12.2. The van der Waals surface area contributed by atoms with Crippen molar-refractivity contribution in [1.29, 1.82) is 0 Å². The van der Waals surface area contributed by atoms with Crippen LogP contribution in [0, 0.1) is 17.7 Å². The van der Waals surface area contributed by atoms with Crippen LogP contribution in [0.2, 0.25) is 0 Å². The van der Waals surface area contributed by atoms with Crippen molar-refractivity contribution in [3.05, 3.63) is 35.1 Å². The van der Waals surface area contributed by atoms with Gasteiger partial charge in [-0.2, -0.15) is 0 Å². The number of rotatable bonds is 2. The number of nitrogens with one attached hydrogen (secondary N) is 1. The number of carbonyl (C=O) groups excluding carboxylic acids is 1. The molecule has 0 aromatic heterocycles. The summed E-state index contributed by atoms with van der Waals surface area (Å²) in [6.07, 6.45) is 2.97. The van der Waals surface area contributed by atoms with Crippen molar-refractivity contribution < 1.29 is 14.3 Å². The molecule has 0 spiro atoms. The van der Waals surface area contributed by atoms with Crippen molar-refractivity contribution in [3.8, 4) is 11.8 Å². The van der Waals surface area contributed by atoms with Gasteiger partial charge in [-0.15, -0.1) is 0 Å². The quantitative estimate of drug-likeness (QED) is 0.798. The Morgan fingerprint density at radius 3 is 2.84 bits per heavy atom. The molecule has 1 saturated carbocycles. The van der Waals surface area contributed by atoms with Gasteiger partial charge in [-0.25, -0.2) is 4.39 Å². The number of carbonyl (C=O) groups is 1. The van der Waals surface area contributed by atoms with E-state index in [0.717, 1.165) is 19.3 Å². The Labute approximate surface area is 111 Å². The molecule has 0 heterocycles. The Balaban J connectivity index is 2.26. The Bertz CT molecular complexity index is 553. The molecule has 3 nitrogen and oxygen atoms in total. The summed E-state index contributed by atoms with van der Waals surface area (Å²) < 4.78 is 13.3. The molecule has 0 radical (unpaired) electrons. The Hall–Kier alpha value is -1.86. The maximum absolute atomic E-state index is 13.3. The third kappa shape index (κ3) is 3.12. The molecule has 100 valence electrons. The van der Waals surface area contributed by atoms with E-state index in [9.17, 15) is 9.18 Å². The molecule has 1 aromatic carbocycles. The van der Waals surface area contributed by atoms with Gasteiger partial charge in [0.25, 0.3) is 5.91 Å². The van der Waals surface area contributed by atoms with Gasteiger partial charge in [0.1, 0.15) is 12.4 Å². The van der Waals surface area contributed by atoms with Crippen molar-refractivity contribution in [1.82, 2.24) is 5.32 Å². The molecule has 1 aliphatic rings. The molecule has 0 unspecified atom stereocenters. The predicted octanol–water partition coefficient (Wildman–Crippen LogP) is 1.84. The first-order valence-electron chi connectivity index (χ1n) is 6.26. The van der Waals surface area contributed by atoms with E-state index >= 15 is 0 Å². The second-order valence-electron chi connectivity index (χ2n) is 5.02. The maximum Gasteiger partial charge on any atom is 0.253 e. The van der Waals surface area contributed by atoms with Crippen molar-refractivity contribution in [2.75, 3.05) is 6.61 Å². The number of halogens is 1. The highest BCUT2D eigenvalue weighted by Crippen LogP contribution is 2.31. The molecule has 2 N–H and O–H groups in total.